The Labute approximate surface area is 103 Å². The second-order valence-corrected chi connectivity index (χ2v) is 4.01. The molecule has 0 amide bonds. The summed E-state index contributed by atoms with van der Waals surface area (Å²) in [4.78, 5) is 4.32. The fourth-order valence-electron chi connectivity index (χ4n) is 1.39. The van der Waals surface area contributed by atoms with E-state index in [1.54, 1.807) is 6.20 Å². The van der Waals surface area contributed by atoms with Crippen molar-refractivity contribution >= 4 is 0 Å². The molecular weight excluding hydrogens is 212 g/mol. The van der Waals surface area contributed by atoms with E-state index in [9.17, 15) is 0 Å². The monoisotopic (exact) mass is 232 g/mol. The SMILES string of the molecule is C#CCCCOc1ccc(CC(N)CC)nc1. The van der Waals surface area contributed by atoms with Crippen molar-refractivity contribution in [3.05, 3.63) is 24.0 Å². The summed E-state index contributed by atoms with van der Waals surface area (Å²) in [6.07, 6.45) is 10.3. The summed E-state index contributed by atoms with van der Waals surface area (Å²) in [5, 5.41) is 0. The van der Waals surface area contributed by atoms with E-state index in [4.69, 9.17) is 16.9 Å². The molecule has 0 radical (unpaired) electrons. The Morgan fingerprint density at radius 2 is 2.35 bits per heavy atom. The van der Waals surface area contributed by atoms with E-state index >= 15 is 0 Å². The number of pyridine rings is 1. The third-order valence-corrected chi connectivity index (χ3v) is 2.53. The van der Waals surface area contributed by atoms with Crippen molar-refractivity contribution in [1.82, 2.24) is 4.98 Å². The molecule has 1 rings (SSSR count). The van der Waals surface area contributed by atoms with Crippen LogP contribution in [0.4, 0.5) is 0 Å². The molecule has 1 unspecified atom stereocenters. The van der Waals surface area contributed by atoms with E-state index < -0.39 is 0 Å². The first kappa shape index (κ1) is 13.5. The molecule has 0 aliphatic carbocycles. The van der Waals surface area contributed by atoms with Crippen LogP contribution in [0.25, 0.3) is 0 Å². The number of terminal acetylenes is 1. The lowest BCUT2D eigenvalue weighted by atomic mass is 10.1. The molecule has 1 heterocycles. The molecule has 1 atom stereocenters. The third kappa shape index (κ3) is 5.37. The third-order valence-electron chi connectivity index (χ3n) is 2.53. The molecule has 0 aliphatic heterocycles. The second-order valence-electron chi connectivity index (χ2n) is 4.01. The first-order valence-corrected chi connectivity index (χ1v) is 6.03. The van der Waals surface area contributed by atoms with Gasteiger partial charge in [0.2, 0.25) is 0 Å². The summed E-state index contributed by atoms with van der Waals surface area (Å²) in [6, 6.07) is 4.08. The van der Waals surface area contributed by atoms with Gasteiger partial charge in [0.05, 0.1) is 12.8 Å². The van der Waals surface area contributed by atoms with Gasteiger partial charge in [0.15, 0.2) is 0 Å². The largest absolute Gasteiger partial charge is 0.492 e. The van der Waals surface area contributed by atoms with Gasteiger partial charge in [-0.25, -0.2) is 0 Å². The zero-order chi connectivity index (χ0) is 12.5. The molecule has 0 fully saturated rings. The molecule has 0 spiro atoms. The number of rotatable bonds is 7. The van der Waals surface area contributed by atoms with Crippen molar-refractivity contribution in [1.29, 1.82) is 0 Å². The number of hydrogen-bond acceptors (Lipinski definition) is 3. The Morgan fingerprint density at radius 3 is 2.94 bits per heavy atom. The standard InChI is InChI=1S/C14H20N2O/c1-3-5-6-9-17-14-8-7-13(16-11-14)10-12(15)4-2/h1,7-8,11-12H,4-6,9-10,15H2,2H3. The molecule has 2 N–H and O–H groups in total. The average molecular weight is 232 g/mol. The molecule has 1 aromatic heterocycles. The van der Waals surface area contributed by atoms with E-state index in [2.05, 4.69) is 17.8 Å². The zero-order valence-corrected chi connectivity index (χ0v) is 10.4. The van der Waals surface area contributed by atoms with Crippen molar-refractivity contribution in [2.45, 2.75) is 38.6 Å². The Balaban J connectivity index is 2.37. The highest BCUT2D eigenvalue weighted by Crippen LogP contribution is 2.11. The lowest BCUT2D eigenvalue weighted by Gasteiger charge is -2.09. The Bertz CT molecular complexity index is 353. The van der Waals surface area contributed by atoms with E-state index in [1.807, 2.05) is 12.1 Å². The van der Waals surface area contributed by atoms with E-state index in [0.29, 0.717) is 6.61 Å². The summed E-state index contributed by atoms with van der Waals surface area (Å²) < 4.78 is 5.51. The molecule has 0 saturated heterocycles. The first-order chi connectivity index (χ1) is 8.26. The maximum Gasteiger partial charge on any atom is 0.137 e. The smallest absolute Gasteiger partial charge is 0.137 e. The average Bonchev–Trinajstić information content (AvgIpc) is 2.36. The molecule has 3 nitrogen and oxygen atoms in total. The summed E-state index contributed by atoms with van der Waals surface area (Å²) in [5.74, 6) is 3.37. The number of nitrogens with zero attached hydrogens (tertiary/aromatic N) is 1. The molecular formula is C14H20N2O. The number of hydrogen-bond donors (Lipinski definition) is 1. The van der Waals surface area contributed by atoms with Crippen LogP contribution in [-0.2, 0) is 6.42 Å². The summed E-state index contributed by atoms with van der Waals surface area (Å²) in [7, 11) is 0. The van der Waals surface area contributed by atoms with Crippen LogP contribution >= 0.6 is 0 Å². The quantitative estimate of drug-likeness (QED) is 0.579. The lowest BCUT2D eigenvalue weighted by Crippen LogP contribution is -2.21. The molecule has 1 aromatic rings. The van der Waals surface area contributed by atoms with Gasteiger partial charge in [-0.1, -0.05) is 6.92 Å². The fourth-order valence-corrected chi connectivity index (χ4v) is 1.39. The molecule has 0 saturated carbocycles. The van der Waals surface area contributed by atoms with E-state index in [-0.39, 0.29) is 6.04 Å². The van der Waals surface area contributed by atoms with Gasteiger partial charge in [0.1, 0.15) is 5.75 Å². The van der Waals surface area contributed by atoms with Crippen LogP contribution in [0, 0.1) is 12.3 Å². The Morgan fingerprint density at radius 1 is 1.53 bits per heavy atom. The van der Waals surface area contributed by atoms with Crippen LogP contribution < -0.4 is 10.5 Å². The van der Waals surface area contributed by atoms with Crippen molar-refractivity contribution in [2.75, 3.05) is 6.61 Å². The molecule has 0 aromatic carbocycles. The minimum atomic E-state index is 0.185. The lowest BCUT2D eigenvalue weighted by molar-refractivity contribution is 0.311. The topological polar surface area (TPSA) is 48.1 Å². The van der Waals surface area contributed by atoms with Gasteiger partial charge >= 0.3 is 0 Å². The predicted molar refractivity (Wildman–Crippen MR) is 69.8 cm³/mol. The van der Waals surface area contributed by atoms with Gasteiger partial charge < -0.3 is 10.5 Å². The van der Waals surface area contributed by atoms with Crippen molar-refractivity contribution in [2.24, 2.45) is 5.73 Å². The van der Waals surface area contributed by atoms with Crippen LogP contribution in [0.5, 0.6) is 5.75 Å². The van der Waals surface area contributed by atoms with Gasteiger partial charge in [-0.2, -0.15) is 0 Å². The predicted octanol–water partition coefficient (Wildman–Crippen LogP) is 2.15. The zero-order valence-electron chi connectivity index (χ0n) is 10.4. The minimum Gasteiger partial charge on any atom is -0.492 e. The normalized spacial score (nSPS) is 11.8. The molecule has 0 bridgehead atoms. The van der Waals surface area contributed by atoms with Crippen LogP contribution in [0.15, 0.2) is 18.3 Å². The van der Waals surface area contributed by atoms with E-state index in [0.717, 1.165) is 37.1 Å². The first-order valence-electron chi connectivity index (χ1n) is 6.03. The van der Waals surface area contributed by atoms with Crippen molar-refractivity contribution < 1.29 is 4.74 Å². The molecule has 0 aliphatic rings. The van der Waals surface area contributed by atoms with Crippen molar-refractivity contribution in [3.63, 3.8) is 0 Å². The van der Waals surface area contributed by atoms with Crippen LogP contribution in [0.3, 0.4) is 0 Å². The van der Waals surface area contributed by atoms with Crippen LogP contribution in [-0.4, -0.2) is 17.6 Å². The number of nitrogens with two attached hydrogens (primary N) is 1. The van der Waals surface area contributed by atoms with Crippen molar-refractivity contribution in [3.8, 4) is 18.1 Å². The van der Waals surface area contributed by atoms with E-state index in [1.165, 1.54) is 0 Å². The summed E-state index contributed by atoms with van der Waals surface area (Å²) >= 11 is 0. The molecule has 17 heavy (non-hydrogen) atoms. The maximum atomic E-state index is 5.87. The number of unbranched alkanes of at least 4 members (excludes halogenated alkanes) is 1. The highest BCUT2D eigenvalue weighted by molar-refractivity contribution is 5.20. The second kappa shape index (κ2) is 7.70. The fraction of sp³-hybridized carbons (Fsp3) is 0.500. The summed E-state index contributed by atoms with van der Waals surface area (Å²) in [6.45, 7) is 2.72. The summed E-state index contributed by atoms with van der Waals surface area (Å²) in [5.41, 5.74) is 6.88. The highest BCUT2D eigenvalue weighted by atomic mass is 16.5. The Kier molecular flexibility index (Phi) is 6.13. The van der Waals surface area contributed by atoms with Gasteiger partial charge in [0.25, 0.3) is 0 Å². The van der Waals surface area contributed by atoms with Gasteiger partial charge in [-0.15, -0.1) is 12.3 Å². The number of ether oxygens (including phenoxy) is 1. The molecule has 92 valence electrons. The number of aromatic nitrogens is 1. The van der Waals surface area contributed by atoms with Crippen LogP contribution in [0.2, 0.25) is 0 Å². The molecule has 3 heteroatoms. The van der Waals surface area contributed by atoms with Gasteiger partial charge in [-0.05, 0) is 25.0 Å². The van der Waals surface area contributed by atoms with Gasteiger partial charge in [-0.3, -0.25) is 4.98 Å². The van der Waals surface area contributed by atoms with Crippen LogP contribution in [0.1, 0.15) is 31.9 Å². The highest BCUT2D eigenvalue weighted by Gasteiger charge is 2.02. The Hall–Kier alpha value is -1.53. The maximum absolute atomic E-state index is 5.87. The van der Waals surface area contributed by atoms with Gasteiger partial charge in [0, 0.05) is 24.6 Å². The minimum absolute atomic E-state index is 0.185.